The van der Waals surface area contributed by atoms with Crippen molar-refractivity contribution in [2.75, 3.05) is 6.54 Å². The van der Waals surface area contributed by atoms with E-state index >= 15 is 0 Å². The summed E-state index contributed by atoms with van der Waals surface area (Å²) in [6.07, 6.45) is 3.81. The van der Waals surface area contributed by atoms with E-state index in [0.717, 1.165) is 19.0 Å². The number of thiophene rings is 1. The Labute approximate surface area is 127 Å². The molecule has 1 aromatic heterocycles. The minimum Gasteiger partial charge on any atom is -0.313 e. The highest BCUT2D eigenvalue weighted by Gasteiger charge is 2.23. The highest BCUT2D eigenvalue weighted by molar-refractivity contribution is 9.10. The van der Waals surface area contributed by atoms with Gasteiger partial charge in [0.15, 0.2) is 0 Å². The van der Waals surface area contributed by atoms with Gasteiger partial charge >= 0.3 is 0 Å². The van der Waals surface area contributed by atoms with Crippen LogP contribution in [0.2, 0.25) is 0 Å². The van der Waals surface area contributed by atoms with E-state index in [9.17, 15) is 0 Å². The molecule has 3 rings (SSSR count). The molecular formula is C16H18BrNS. The van der Waals surface area contributed by atoms with E-state index < -0.39 is 0 Å². The third-order valence-corrected chi connectivity index (χ3v) is 5.09. The van der Waals surface area contributed by atoms with Crippen LogP contribution in [-0.4, -0.2) is 12.6 Å². The monoisotopic (exact) mass is 335 g/mol. The Hall–Kier alpha value is -0.640. The molecule has 1 aliphatic carbocycles. The van der Waals surface area contributed by atoms with Gasteiger partial charge in [-0.15, -0.1) is 0 Å². The maximum absolute atomic E-state index is 3.70. The van der Waals surface area contributed by atoms with Crippen LogP contribution in [0.15, 0.2) is 45.6 Å². The van der Waals surface area contributed by atoms with Crippen LogP contribution in [0.1, 0.15) is 29.9 Å². The molecular weight excluding hydrogens is 318 g/mol. The molecule has 0 spiro atoms. The lowest BCUT2D eigenvalue weighted by Gasteiger charge is -2.19. The lowest BCUT2D eigenvalue weighted by Crippen LogP contribution is -2.25. The first-order valence-electron chi connectivity index (χ1n) is 6.82. The van der Waals surface area contributed by atoms with Crippen LogP contribution in [0.3, 0.4) is 0 Å². The van der Waals surface area contributed by atoms with Crippen molar-refractivity contribution >= 4 is 27.3 Å². The SMILES string of the molecule is Brc1ccccc1C(CNC1CC1)Cc1ccsc1. The summed E-state index contributed by atoms with van der Waals surface area (Å²) in [6, 6.07) is 11.6. The highest BCUT2D eigenvalue weighted by Crippen LogP contribution is 2.29. The molecule has 2 aromatic rings. The second-order valence-corrected chi connectivity index (χ2v) is 6.87. The molecule has 0 bridgehead atoms. The Morgan fingerprint density at radius 2 is 2.11 bits per heavy atom. The molecule has 100 valence electrons. The second-order valence-electron chi connectivity index (χ2n) is 5.24. The molecule has 1 aromatic carbocycles. The van der Waals surface area contributed by atoms with E-state index in [2.05, 4.69) is 62.3 Å². The van der Waals surface area contributed by atoms with Crippen molar-refractivity contribution in [3.05, 3.63) is 56.7 Å². The van der Waals surface area contributed by atoms with E-state index in [4.69, 9.17) is 0 Å². The Balaban J connectivity index is 1.76. The largest absolute Gasteiger partial charge is 0.313 e. The van der Waals surface area contributed by atoms with Gasteiger partial charge in [0.2, 0.25) is 0 Å². The molecule has 3 heteroatoms. The number of benzene rings is 1. The smallest absolute Gasteiger partial charge is 0.0210 e. The van der Waals surface area contributed by atoms with Crippen LogP contribution in [0.4, 0.5) is 0 Å². The fraction of sp³-hybridized carbons (Fsp3) is 0.375. The average molecular weight is 336 g/mol. The van der Waals surface area contributed by atoms with E-state index in [1.807, 2.05) is 0 Å². The zero-order chi connectivity index (χ0) is 13.1. The zero-order valence-corrected chi connectivity index (χ0v) is 13.2. The summed E-state index contributed by atoms with van der Waals surface area (Å²) < 4.78 is 1.23. The maximum Gasteiger partial charge on any atom is 0.0210 e. The summed E-state index contributed by atoms with van der Waals surface area (Å²) in [5.41, 5.74) is 2.87. The second kappa shape index (κ2) is 6.21. The fourth-order valence-electron chi connectivity index (χ4n) is 2.39. The molecule has 0 radical (unpaired) electrons. The molecule has 19 heavy (non-hydrogen) atoms. The van der Waals surface area contributed by atoms with Gasteiger partial charge < -0.3 is 5.32 Å². The lowest BCUT2D eigenvalue weighted by molar-refractivity contribution is 0.576. The Bertz CT molecular complexity index is 519. The molecule has 1 saturated carbocycles. The molecule has 0 saturated heterocycles. The normalized spacial score (nSPS) is 16.5. The number of hydrogen-bond donors (Lipinski definition) is 1. The minimum absolute atomic E-state index is 0.547. The molecule has 1 unspecified atom stereocenters. The third kappa shape index (κ3) is 3.68. The van der Waals surface area contributed by atoms with Crippen molar-refractivity contribution in [1.82, 2.24) is 5.32 Å². The van der Waals surface area contributed by atoms with Crippen LogP contribution >= 0.6 is 27.3 Å². The molecule has 0 aliphatic heterocycles. The van der Waals surface area contributed by atoms with Crippen LogP contribution in [-0.2, 0) is 6.42 Å². The highest BCUT2D eigenvalue weighted by atomic mass is 79.9. The van der Waals surface area contributed by atoms with Gasteiger partial charge in [0, 0.05) is 23.0 Å². The third-order valence-electron chi connectivity index (χ3n) is 3.64. The topological polar surface area (TPSA) is 12.0 Å². The quantitative estimate of drug-likeness (QED) is 0.814. The van der Waals surface area contributed by atoms with Crippen LogP contribution < -0.4 is 5.32 Å². The first-order valence-corrected chi connectivity index (χ1v) is 8.55. The van der Waals surface area contributed by atoms with Crippen molar-refractivity contribution in [1.29, 1.82) is 0 Å². The average Bonchev–Trinajstić information content (AvgIpc) is 3.11. The zero-order valence-electron chi connectivity index (χ0n) is 10.8. The van der Waals surface area contributed by atoms with Gasteiger partial charge in [0.25, 0.3) is 0 Å². The van der Waals surface area contributed by atoms with Crippen molar-refractivity contribution in [2.45, 2.75) is 31.2 Å². The summed E-state index contributed by atoms with van der Waals surface area (Å²) >= 11 is 5.48. The van der Waals surface area contributed by atoms with Gasteiger partial charge in [-0.3, -0.25) is 0 Å². The van der Waals surface area contributed by atoms with Crippen molar-refractivity contribution in [2.24, 2.45) is 0 Å². The van der Waals surface area contributed by atoms with E-state index in [1.54, 1.807) is 11.3 Å². The van der Waals surface area contributed by atoms with E-state index in [1.165, 1.54) is 28.4 Å². The van der Waals surface area contributed by atoms with Gasteiger partial charge in [0.05, 0.1) is 0 Å². The Morgan fingerprint density at radius 3 is 2.79 bits per heavy atom. The maximum atomic E-state index is 3.70. The Kier molecular flexibility index (Phi) is 4.36. The van der Waals surface area contributed by atoms with E-state index in [-0.39, 0.29) is 0 Å². The van der Waals surface area contributed by atoms with E-state index in [0.29, 0.717) is 5.92 Å². The number of nitrogens with one attached hydrogen (secondary N) is 1. The van der Waals surface area contributed by atoms with Gasteiger partial charge in [-0.2, -0.15) is 11.3 Å². The predicted molar refractivity (Wildman–Crippen MR) is 85.9 cm³/mol. The lowest BCUT2D eigenvalue weighted by atomic mass is 9.93. The molecule has 1 nitrogen and oxygen atoms in total. The molecule has 1 atom stereocenters. The van der Waals surface area contributed by atoms with Crippen molar-refractivity contribution in [3.63, 3.8) is 0 Å². The molecule has 1 heterocycles. The summed E-state index contributed by atoms with van der Waals surface area (Å²) in [5, 5.41) is 8.11. The van der Waals surface area contributed by atoms with Crippen molar-refractivity contribution < 1.29 is 0 Å². The van der Waals surface area contributed by atoms with Gasteiger partial charge in [-0.1, -0.05) is 34.1 Å². The first kappa shape index (κ1) is 13.3. The van der Waals surface area contributed by atoms with Crippen LogP contribution in [0.5, 0.6) is 0 Å². The van der Waals surface area contributed by atoms with Gasteiger partial charge in [0.1, 0.15) is 0 Å². The molecule has 0 amide bonds. The van der Waals surface area contributed by atoms with Crippen LogP contribution in [0, 0.1) is 0 Å². The van der Waals surface area contributed by atoms with Crippen molar-refractivity contribution in [3.8, 4) is 0 Å². The summed E-state index contributed by atoms with van der Waals surface area (Å²) in [5.74, 6) is 0.547. The first-order chi connectivity index (χ1) is 9.33. The molecule has 1 fully saturated rings. The molecule has 1 N–H and O–H groups in total. The predicted octanol–water partition coefficient (Wildman–Crippen LogP) is 4.59. The minimum atomic E-state index is 0.547. The van der Waals surface area contributed by atoms with Gasteiger partial charge in [-0.25, -0.2) is 0 Å². The Morgan fingerprint density at radius 1 is 1.26 bits per heavy atom. The van der Waals surface area contributed by atoms with Gasteiger partial charge in [-0.05, 0) is 53.3 Å². The number of rotatable bonds is 6. The standard InChI is InChI=1S/C16H18BrNS/c17-16-4-2-1-3-15(16)13(10-18-14-5-6-14)9-12-7-8-19-11-12/h1-4,7-8,11,13-14,18H,5-6,9-10H2. The summed E-state index contributed by atoms with van der Waals surface area (Å²) in [6.45, 7) is 1.07. The molecule has 1 aliphatic rings. The number of halogens is 1. The summed E-state index contributed by atoms with van der Waals surface area (Å²) in [4.78, 5) is 0. The fourth-order valence-corrected chi connectivity index (χ4v) is 3.68. The van der Waals surface area contributed by atoms with Crippen LogP contribution in [0.25, 0.3) is 0 Å². The summed E-state index contributed by atoms with van der Waals surface area (Å²) in [7, 11) is 0. The number of hydrogen-bond acceptors (Lipinski definition) is 2.